The number of fused-ring (bicyclic) bond motifs is 1. The number of hydrogen-bond acceptors (Lipinski definition) is 8. The minimum absolute atomic E-state index is 0.180. The molecule has 36 heavy (non-hydrogen) atoms. The standard InChI is InChI=1S/C26H33FN4O4S/c1-4-33-21-15-18(16-22(34-5-2)24(21)35-6-3)25(32)28-9-10-30-11-13-31(14-12-30)26-29-20-8-7-19(27)17-23(20)36-26/h7-8,15-17H,4-6,9-14H2,1-3H3,(H,28,32). The number of aromatic nitrogens is 1. The highest BCUT2D eigenvalue weighted by atomic mass is 32.1. The van der Waals surface area contributed by atoms with Crippen LogP contribution in [-0.4, -0.2) is 74.9 Å². The van der Waals surface area contributed by atoms with E-state index < -0.39 is 0 Å². The summed E-state index contributed by atoms with van der Waals surface area (Å²) < 4.78 is 31.5. The molecular weight excluding hydrogens is 483 g/mol. The van der Waals surface area contributed by atoms with Gasteiger partial charge in [0, 0.05) is 44.8 Å². The Morgan fingerprint density at radius 3 is 2.31 bits per heavy atom. The van der Waals surface area contributed by atoms with Crippen LogP contribution in [0, 0.1) is 5.82 Å². The summed E-state index contributed by atoms with van der Waals surface area (Å²) in [4.78, 5) is 22.1. The summed E-state index contributed by atoms with van der Waals surface area (Å²) >= 11 is 1.52. The van der Waals surface area contributed by atoms with Gasteiger partial charge in [0.15, 0.2) is 16.6 Å². The van der Waals surface area contributed by atoms with Crippen molar-refractivity contribution < 1.29 is 23.4 Å². The van der Waals surface area contributed by atoms with Gasteiger partial charge in [-0.25, -0.2) is 9.37 Å². The molecule has 1 amide bonds. The Kier molecular flexibility index (Phi) is 8.82. The van der Waals surface area contributed by atoms with Crippen LogP contribution in [0.25, 0.3) is 10.2 Å². The number of rotatable bonds is 11. The van der Waals surface area contributed by atoms with Gasteiger partial charge in [0.05, 0.1) is 30.0 Å². The summed E-state index contributed by atoms with van der Waals surface area (Å²) in [5, 5.41) is 3.94. The van der Waals surface area contributed by atoms with E-state index in [-0.39, 0.29) is 11.7 Å². The smallest absolute Gasteiger partial charge is 0.251 e. The number of benzene rings is 2. The number of carbonyl (C=O) groups excluding carboxylic acids is 1. The highest BCUT2D eigenvalue weighted by molar-refractivity contribution is 7.22. The molecule has 0 unspecified atom stereocenters. The first-order chi connectivity index (χ1) is 17.5. The topological polar surface area (TPSA) is 76.2 Å². The minimum Gasteiger partial charge on any atom is -0.490 e. The Labute approximate surface area is 215 Å². The molecule has 1 aliphatic rings. The van der Waals surface area contributed by atoms with E-state index in [4.69, 9.17) is 14.2 Å². The van der Waals surface area contributed by atoms with Crippen LogP contribution in [-0.2, 0) is 0 Å². The second-order valence-corrected chi connectivity index (χ2v) is 9.30. The van der Waals surface area contributed by atoms with Crippen molar-refractivity contribution in [1.29, 1.82) is 0 Å². The normalized spacial score (nSPS) is 14.2. The van der Waals surface area contributed by atoms with Gasteiger partial charge in [-0.3, -0.25) is 9.69 Å². The van der Waals surface area contributed by atoms with Crippen molar-refractivity contribution in [3.05, 3.63) is 41.7 Å². The number of piperazine rings is 1. The molecular formula is C26H33FN4O4S. The summed E-state index contributed by atoms with van der Waals surface area (Å²) in [5.74, 6) is 1.11. The molecule has 0 saturated carbocycles. The Hall–Kier alpha value is -3.11. The first kappa shape index (κ1) is 26.0. The van der Waals surface area contributed by atoms with Crippen LogP contribution in [0.2, 0.25) is 0 Å². The van der Waals surface area contributed by atoms with Gasteiger partial charge in [-0.05, 0) is 51.1 Å². The molecule has 3 aromatic rings. The largest absolute Gasteiger partial charge is 0.490 e. The van der Waals surface area contributed by atoms with Gasteiger partial charge in [-0.1, -0.05) is 11.3 Å². The number of ether oxygens (including phenoxy) is 3. The fourth-order valence-electron chi connectivity index (χ4n) is 4.13. The molecule has 0 atom stereocenters. The molecule has 2 heterocycles. The molecule has 0 aliphatic carbocycles. The zero-order valence-electron chi connectivity index (χ0n) is 21.0. The zero-order valence-corrected chi connectivity index (χ0v) is 21.8. The van der Waals surface area contributed by atoms with Gasteiger partial charge in [0.1, 0.15) is 5.82 Å². The number of nitrogens with one attached hydrogen (secondary N) is 1. The van der Waals surface area contributed by atoms with Gasteiger partial charge < -0.3 is 24.4 Å². The Balaban J connectivity index is 1.30. The number of amides is 1. The Bertz CT molecular complexity index is 1150. The Morgan fingerprint density at radius 2 is 1.67 bits per heavy atom. The summed E-state index contributed by atoms with van der Waals surface area (Å²) in [5.41, 5.74) is 1.30. The van der Waals surface area contributed by atoms with Crippen molar-refractivity contribution >= 4 is 32.6 Å². The van der Waals surface area contributed by atoms with E-state index in [0.29, 0.717) is 49.2 Å². The van der Waals surface area contributed by atoms with Crippen LogP contribution in [0.5, 0.6) is 17.2 Å². The summed E-state index contributed by atoms with van der Waals surface area (Å²) in [6.07, 6.45) is 0. The van der Waals surface area contributed by atoms with E-state index in [2.05, 4.69) is 20.1 Å². The summed E-state index contributed by atoms with van der Waals surface area (Å²) in [6, 6.07) is 8.11. The highest BCUT2D eigenvalue weighted by Gasteiger charge is 2.21. The van der Waals surface area contributed by atoms with E-state index in [0.717, 1.165) is 48.1 Å². The predicted octanol–water partition coefficient (Wildman–Crippen LogP) is 4.18. The maximum Gasteiger partial charge on any atom is 0.251 e. The van der Waals surface area contributed by atoms with Gasteiger partial charge in [-0.15, -0.1) is 0 Å². The molecule has 8 nitrogen and oxygen atoms in total. The molecule has 194 valence electrons. The van der Waals surface area contributed by atoms with E-state index in [1.165, 1.54) is 23.5 Å². The highest BCUT2D eigenvalue weighted by Crippen LogP contribution is 2.39. The van der Waals surface area contributed by atoms with Crippen LogP contribution < -0.4 is 24.4 Å². The molecule has 0 radical (unpaired) electrons. The van der Waals surface area contributed by atoms with Crippen molar-refractivity contribution in [2.45, 2.75) is 20.8 Å². The van der Waals surface area contributed by atoms with Crippen LogP contribution >= 0.6 is 11.3 Å². The predicted molar refractivity (Wildman–Crippen MR) is 141 cm³/mol. The lowest BCUT2D eigenvalue weighted by atomic mass is 10.1. The molecule has 2 aromatic carbocycles. The SMILES string of the molecule is CCOc1cc(C(=O)NCCN2CCN(c3nc4ccc(F)cc4s3)CC2)cc(OCC)c1OCC. The maximum atomic E-state index is 13.5. The Morgan fingerprint density at radius 1 is 1.00 bits per heavy atom. The lowest BCUT2D eigenvalue weighted by Gasteiger charge is -2.34. The third kappa shape index (κ3) is 6.17. The third-order valence-electron chi connectivity index (χ3n) is 5.87. The first-order valence-electron chi connectivity index (χ1n) is 12.4. The number of hydrogen-bond donors (Lipinski definition) is 1. The molecule has 1 aromatic heterocycles. The molecule has 10 heteroatoms. The van der Waals surface area contributed by atoms with Gasteiger partial charge in [-0.2, -0.15) is 0 Å². The lowest BCUT2D eigenvalue weighted by molar-refractivity contribution is 0.0946. The molecule has 0 spiro atoms. The molecule has 0 bridgehead atoms. The van der Waals surface area contributed by atoms with Gasteiger partial charge >= 0.3 is 0 Å². The van der Waals surface area contributed by atoms with Crippen molar-refractivity contribution in [3.63, 3.8) is 0 Å². The van der Waals surface area contributed by atoms with Crippen molar-refractivity contribution in [2.75, 3.05) is 64.0 Å². The lowest BCUT2D eigenvalue weighted by Crippen LogP contribution is -2.48. The molecule has 4 rings (SSSR count). The van der Waals surface area contributed by atoms with Gasteiger partial charge in [0.2, 0.25) is 5.75 Å². The number of anilines is 1. The monoisotopic (exact) mass is 516 g/mol. The fourth-order valence-corrected chi connectivity index (χ4v) is 5.18. The summed E-state index contributed by atoms with van der Waals surface area (Å²) in [6.45, 7) is 11.7. The fraction of sp³-hybridized carbons (Fsp3) is 0.462. The number of halogens is 1. The van der Waals surface area contributed by atoms with E-state index in [9.17, 15) is 9.18 Å². The second-order valence-electron chi connectivity index (χ2n) is 8.29. The van der Waals surface area contributed by atoms with Crippen LogP contribution in [0.3, 0.4) is 0 Å². The van der Waals surface area contributed by atoms with Crippen molar-refractivity contribution in [2.24, 2.45) is 0 Å². The first-order valence-corrected chi connectivity index (χ1v) is 13.2. The quantitative estimate of drug-likeness (QED) is 0.410. The number of thiazole rings is 1. The van der Waals surface area contributed by atoms with Crippen LogP contribution in [0.15, 0.2) is 30.3 Å². The molecule has 1 N–H and O–H groups in total. The number of carbonyl (C=O) groups is 1. The van der Waals surface area contributed by atoms with E-state index in [1.54, 1.807) is 18.2 Å². The zero-order chi connectivity index (χ0) is 25.5. The van der Waals surface area contributed by atoms with Crippen molar-refractivity contribution in [3.8, 4) is 17.2 Å². The average molecular weight is 517 g/mol. The third-order valence-corrected chi connectivity index (χ3v) is 6.95. The second kappa shape index (κ2) is 12.2. The molecule has 1 fully saturated rings. The van der Waals surface area contributed by atoms with E-state index in [1.807, 2.05) is 20.8 Å². The van der Waals surface area contributed by atoms with Crippen molar-refractivity contribution in [1.82, 2.24) is 15.2 Å². The molecule has 1 aliphatic heterocycles. The van der Waals surface area contributed by atoms with E-state index >= 15 is 0 Å². The maximum absolute atomic E-state index is 13.5. The minimum atomic E-state index is -0.238. The van der Waals surface area contributed by atoms with Crippen LogP contribution in [0.1, 0.15) is 31.1 Å². The number of nitrogens with zero attached hydrogens (tertiary/aromatic N) is 3. The summed E-state index contributed by atoms with van der Waals surface area (Å²) in [7, 11) is 0. The van der Waals surface area contributed by atoms with Crippen LogP contribution in [0.4, 0.5) is 9.52 Å². The van der Waals surface area contributed by atoms with Gasteiger partial charge in [0.25, 0.3) is 5.91 Å². The average Bonchev–Trinajstić information content (AvgIpc) is 3.29. The molecule has 1 saturated heterocycles.